The van der Waals surface area contributed by atoms with E-state index in [1.54, 1.807) is 17.0 Å². The molecule has 25 heavy (non-hydrogen) atoms. The summed E-state index contributed by atoms with van der Waals surface area (Å²) in [6.07, 6.45) is 0. The van der Waals surface area contributed by atoms with Gasteiger partial charge in [-0.05, 0) is 57.2 Å². The summed E-state index contributed by atoms with van der Waals surface area (Å²) in [6.45, 7) is 5.65. The first-order valence-electron chi connectivity index (χ1n) is 8.03. The third-order valence-electron chi connectivity index (χ3n) is 4.57. The Labute approximate surface area is 150 Å². The lowest BCUT2D eigenvalue weighted by Gasteiger charge is -2.28. The number of amides is 1. The maximum absolute atomic E-state index is 13.5. The van der Waals surface area contributed by atoms with E-state index >= 15 is 0 Å². The molecule has 0 radical (unpaired) electrons. The van der Waals surface area contributed by atoms with Gasteiger partial charge in [-0.2, -0.15) is 0 Å². The molecule has 0 N–H and O–H groups in total. The van der Waals surface area contributed by atoms with E-state index in [1.807, 2.05) is 61.7 Å². The minimum Gasteiger partial charge on any atom is -0.280 e. The van der Waals surface area contributed by atoms with Crippen LogP contribution in [0.1, 0.15) is 25.5 Å². The molecule has 3 aromatic rings. The Morgan fingerprint density at radius 3 is 2.28 bits per heavy atom. The highest BCUT2D eigenvalue weighted by Crippen LogP contribution is 2.41. The normalized spacial score (nSPS) is 15.5. The first-order chi connectivity index (χ1) is 11.9. The van der Waals surface area contributed by atoms with Crippen LogP contribution in [0, 0.1) is 6.92 Å². The number of aryl methyl sites for hydroxylation is 1. The number of carbonyl (C=O) groups is 1. The Kier molecular flexibility index (Phi) is 3.44. The van der Waals surface area contributed by atoms with Gasteiger partial charge in [-0.25, -0.2) is 0 Å². The highest BCUT2D eigenvalue weighted by atomic mass is 35.5. The van der Waals surface area contributed by atoms with Crippen LogP contribution in [-0.4, -0.2) is 20.7 Å². The Morgan fingerprint density at radius 1 is 0.960 bits per heavy atom. The summed E-state index contributed by atoms with van der Waals surface area (Å²) in [5.41, 5.74) is 1.62. The minimum atomic E-state index is -0.833. The molecule has 2 heterocycles. The van der Waals surface area contributed by atoms with Gasteiger partial charge in [0, 0.05) is 10.7 Å². The fraction of sp³-hybridized carbons (Fsp3) is 0.211. The lowest BCUT2D eigenvalue weighted by Crippen LogP contribution is -2.41. The number of hydrogen-bond donors (Lipinski definition) is 0. The van der Waals surface area contributed by atoms with Crippen LogP contribution in [0.25, 0.3) is 5.69 Å². The summed E-state index contributed by atoms with van der Waals surface area (Å²) in [5.74, 6) is 1.33. The molecule has 1 aliphatic rings. The number of fused-ring (bicyclic) bond motifs is 3. The molecule has 1 aromatic heterocycles. The van der Waals surface area contributed by atoms with Crippen molar-refractivity contribution in [2.75, 3.05) is 4.90 Å². The number of benzene rings is 2. The van der Waals surface area contributed by atoms with Gasteiger partial charge >= 0.3 is 0 Å². The molecule has 6 heteroatoms. The van der Waals surface area contributed by atoms with Gasteiger partial charge < -0.3 is 0 Å². The van der Waals surface area contributed by atoms with Gasteiger partial charge in [0.25, 0.3) is 0 Å². The Balaban J connectivity index is 2.05. The van der Waals surface area contributed by atoms with Crippen LogP contribution in [0.3, 0.4) is 0 Å². The summed E-state index contributed by atoms with van der Waals surface area (Å²) in [6, 6.07) is 15.1. The molecule has 0 unspecified atom stereocenters. The number of aromatic nitrogens is 3. The topological polar surface area (TPSA) is 51.0 Å². The molecule has 126 valence electrons. The van der Waals surface area contributed by atoms with E-state index in [0.717, 1.165) is 22.9 Å². The van der Waals surface area contributed by atoms with Crippen LogP contribution in [0.2, 0.25) is 5.02 Å². The van der Waals surface area contributed by atoms with E-state index in [0.29, 0.717) is 10.8 Å². The number of halogens is 1. The van der Waals surface area contributed by atoms with Crippen molar-refractivity contribution in [3.8, 4) is 5.69 Å². The fourth-order valence-corrected chi connectivity index (χ4v) is 3.35. The molecule has 4 rings (SSSR count). The smallest absolute Gasteiger partial charge is 0.244 e. The van der Waals surface area contributed by atoms with Crippen molar-refractivity contribution >= 4 is 28.9 Å². The second kappa shape index (κ2) is 5.43. The van der Waals surface area contributed by atoms with Crippen molar-refractivity contribution in [3.63, 3.8) is 0 Å². The van der Waals surface area contributed by atoms with Crippen LogP contribution in [0.15, 0.2) is 48.5 Å². The zero-order valence-electron chi connectivity index (χ0n) is 14.2. The lowest BCUT2D eigenvalue weighted by molar-refractivity contribution is -0.122. The average molecular weight is 353 g/mol. The van der Waals surface area contributed by atoms with E-state index in [1.165, 1.54) is 0 Å². The SMILES string of the molecule is Cc1nnc2n1-c1ccccc1N(c1ccc(Cl)cc1)C(=O)C2(C)C. The summed E-state index contributed by atoms with van der Waals surface area (Å²) >= 11 is 6.03. The molecule has 0 spiro atoms. The maximum atomic E-state index is 13.5. The van der Waals surface area contributed by atoms with Crippen LogP contribution in [0.4, 0.5) is 11.4 Å². The lowest BCUT2D eigenvalue weighted by atomic mass is 9.90. The van der Waals surface area contributed by atoms with E-state index in [4.69, 9.17) is 11.6 Å². The first kappa shape index (κ1) is 15.8. The molecule has 0 bridgehead atoms. The van der Waals surface area contributed by atoms with Crippen LogP contribution in [-0.2, 0) is 10.2 Å². The van der Waals surface area contributed by atoms with E-state index < -0.39 is 5.41 Å². The summed E-state index contributed by atoms with van der Waals surface area (Å²) in [4.78, 5) is 15.2. The van der Waals surface area contributed by atoms with Gasteiger partial charge in [0.1, 0.15) is 11.2 Å². The maximum Gasteiger partial charge on any atom is 0.244 e. The standard InChI is InChI=1S/C19H17ClN4O/c1-12-21-22-17-19(2,3)18(25)24(14-10-8-13(20)9-11-14)16-7-5-4-6-15(16)23(12)17/h4-11H,1-3H3. The number of anilines is 2. The van der Waals surface area contributed by atoms with Crippen molar-refractivity contribution in [3.05, 3.63) is 65.2 Å². The molecular weight excluding hydrogens is 336 g/mol. The fourth-order valence-electron chi connectivity index (χ4n) is 3.23. The zero-order chi connectivity index (χ0) is 17.8. The third-order valence-corrected chi connectivity index (χ3v) is 4.82. The first-order valence-corrected chi connectivity index (χ1v) is 8.41. The second-order valence-electron chi connectivity index (χ2n) is 6.64. The largest absolute Gasteiger partial charge is 0.280 e. The van der Waals surface area contributed by atoms with Gasteiger partial charge in [-0.15, -0.1) is 10.2 Å². The Bertz CT molecular complexity index is 975. The number of nitrogens with zero attached hydrogens (tertiary/aromatic N) is 4. The molecule has 5 nitrogen and oxygen atoms in total. The van der Waals surface area contributed by atoms with E-state index in [2.05, 4.69) is 10.2 Å². The van der Waals surface area contributed by atoms with Crippen LogP contribution < -0.4 is 4.90 Å². The Morgan fingerprint density at radius 2 is 1.60 bits per heavy atom. The van der Waals surface area contributed by atoms with Crippen molar-refractivity contribution in [1.29, 1.82) is 0 Å². The number of carbonyl (C=O) groups excluding carboxylic acids is 1. The van der Waals surface area contributed by atoms with Crippen molar-refractivity contribution in [2.45, 2.75) is 26.2 Å². The van der Waals surface area contributed by atoms with Crippen molar-refractivity contribution < 1.29 is 4.79 Å². The molecule has 0 saturated carbocycles. The van der Waals surface area contributed by atoms with Crippen molar-refractivity contribution in [1.82, 2.24) is 14.8 Å². The number of rotatable bonds is 1. The van der Waals surface area contributed by atoms with Gasteiger partial charge in [-0.3, -0.25) is 14.3 Å². The molecule has 1 amide bonds. The summed E-state index contributed by atoms with van der Waals surface area (Å²) < 4.78 is 1.96. The zero-order valence-corrected chi connectivity index (χ0v) is 14.9. The molecule has 2 aromatic carbocycles. The monoisotopic (exact) mass is 352 g/mol. The minimum absolute atomic E-state index is 0.0616. The molecular formula is C19H17ClN4O. The average Bonchev–Trinajstić information content (AvgIpc) is 2.96. The highest BCUT2D eigenvalue weighted by Gasteiger charge is 2.43. The number of hydrogen-bond acceptors (Lipinski definition) is 3. The van der Waals surface area contributed by atoms with Gasteiger partial charge in [0.15, 0.2) is 5.82 Å². The second-order valence-corrected chi connectivity index (χ2v) is 7.07. The van der Waals surface area contributed by atoms with Gasteiger partial charge in [-0.1, -0.05) is 23.7 Å². The third kappa shape index (κ3) is 2.27. The molecule has 1 aliphatic heterocycles. The molecule has 0 fully saturated rings. The molecule has 0 aliphatic carbocycles. The van der Waals surface area contributed by atoms with Crippen molar-refractivity contribution in [2.24, 2.45) is 0 Å². The quantitative estimate of drug-likeness (QED) is 0.660. The molecule has 0 saturated heterocycles. The van der Waals surface area contributed by atoms with Crippen LogP contribution >= 0.6 is 11.6 Å². The number of para-hydroxylation sites is 2. The van der Waals surface area contributed by atoms with E-state index in [9.17, 15) is 4.79 Å². The highest BCUT2D eigenvalue weighted by molar-refractivity contribution is 6.30. The summed E-state index contributed by atoms with van der Waals surface area (Å²) in [7, 11) is 0. The van der Waals surface area contributed by atoms with Gasteiger partial charge in [0.2, 0.25) is 5.91 Å². The van der Waals surface area contributed by atoms with Crippen LogP contribution in [0.5, 0.6) is 0 Å². The predicted octanol–water partition coefficient (Wildman–Crippen LogP) is 4.19. The predicted molar refractivity (Wildman–Crippen MR) is 97.7 cm³/mol. The van der Waals surface area contributed by atoms with E-state index in [-0.39, 0.29) is 5.91 Å². The van der Waals surface area contributed by atoms with Gasteiger partial charge in [0.05, 0.1) is 11.4 Å². The Hall–Kier alpha value is -2.66. The summed E-state index contributed by atoms with van der Waals surface area (Å²) in [5, 5.41) is 9.14. The molecule has 0 atom stereocenters.